The lowest BCUT2D eigenvalue weighted by atomic mass is 9.48. The number of nitrogens with zero attached hydrogens (tertiary/aromatic N) is 2. The molecule has 0 spiro atoms. The van der Waals surface area contributed by atoms with Crippen molar-refractivity contribution in [2.45, 2.75) is 94.7 Å². The van der Waals surface area contributed by atoms with Crippen molar-refractivity contribution in [3.63, 3.8) is 0 Å². The standard InChI is InChI=1S/C30H38FN3O2/c31-23-8-4-7-22-25-16-32-17-34(25)24(29(22)23)12-26(35)28-20-9-19-10-21(28)15-30(13-19,14-20)33-27(36)11-18-5-2-1-3-6-18/h4,7-8,16-21,24,26,28,35H,1-3,5-6,9-15H2,(H,33,36). The van der Waals surface area contributed by atoms with Crippen LogP contribution in [-0.2, 0) is 4.79 Å². The first-order chi connectivity index (χ1) is 17.5. The molecular formula is C30H38FN3O2. The van der Waals surface area contributed by atoms with Crippen LogP contribution in [-0.4, -0.2) is 32.2 Å². The Bertz CT molecular complexity index is 1140. The molecule has 5 saturated carbocycles. The van der Waals surface area contributed by atoms with Crippen molar-refractivity contribution in [1.82, 2.24) is 14.9 Å². The third kappa shape index (κ3) is 3.74. The molecule has 1 aromatic heterocycles. The number of aliphatic hydroxyl groups is 1. The van der Waals surface area contributed by atoms with Crippen LogP contribution >= 0.6 is 0 Å². The zero-order chi connectivity index (χ0) is 24.4. The normalized spacial score (nSPS) is 35.4. The highest BCUT2D eigenvalue weighted by Gasteiger charge is 2.57. The number of fused-ring (bicyclic) bond motifs is 3. The maximum absolute atomic E-state index is 14.9. The summed E-state index contributed by atoms with van der Waals surface area (Å²) in [4.78, 5) is 17.4. The van der Waals surface area contributed by atoms with Gasteiger partial charge < -0.3 is 15.0 Å². The number of aliphatic hydroxyl groups excluding tert-OH is 1. The van der Waals surface area contributed by atoms with Crippen LogP contribution in [0.4, 0.5) is 4.39 Å². The van der Waals surface area contributed by atoms with Gasteiger partial charge >= 0.3 is 0 Å². The van der Waals surface area contributed by atoms with Crippen molar-refractivity contribution in [2.24, 2.45) is 29.6 Å². The first kappa shape index (κ1) is 22.9. The van der Waals surface area contributed by atoms with Crippen molar-refractivity contribution in [3.05, 3.63) is 42.1 Å². The van der Waals surface area contributed by atoms with Crippen LogP contribution in [0.25, 0.3) is 11.3 Å². The molecule has 1 amide bonds. The Morgan fingerprint density at radius 1 is 1.17 bits per heavy atom. The van der Waals surface area contributed by atoms with Gasteiger partial charge in [0.2, 0.25) is 5.91 Å². The number of carbonyl (C=O) groups is 1. The van der Waals surface area contributed by atoms with E-state index < -0.39 is 6.10 Å². The van der Waals surface area contributed by atoms with Gasteiger partial charge in [0, 0.05) is 23.1 Å². The number of aromatic nitrogens is 2. The molecule has 192 valence electrons. The third-order valence-electron chi connectivity index (χ3n) is 10.5. The molecule has 2 heterocycles. The summed E-state index contributed by atoms with van der Waals surface area (Å²) in [6.45, 7) is 0. The van der Waals surface area contributed by atoms with Crippen LogP contribution in [0.5, 0.6) is 0 Å². The summed E-state index contributed by atoms with van der Waals surface area (Å²) in [5.41, 5.74) is 2.47. The van der Waals surface area contributed by atoms with Gasteiger partial charge in [0.15, 0.2) is 0 Å². The molecule has 4 bridgehead atoms. The van der Waals surface area contributed by atoms with Gasteiger partial charge in [-0.3, -0.25) is 4.79 Å². The molecule has 6 heteroatoms. The SMILES string of the molecule is O=C(CC1CCCCC1)NC12CC3CC(C1)C(C(O)CC1c4c(F)cccc4-c4cncn41)C(C3)C2. The Hall–Kier alpha value is -2.21. The number of rotatable bonds is 6. The summed E-state index contributed by atoms with van der Waals surface area (Å²) in [6, 6.07) is 5.03. The number of hydrogen-bond acceptors (Lipinski definition) is 3. The summed E-state index contributed by atoms with van der Waals surface area (Å²) in [5, 5.41) is 15.2. The number of benzene rings is 1. The van der Waals surface area contributed by atoms with E-state index in [2.05, 4.69) is 10.3 Å². The van der Waals surface area contributed by atoms with Gasteiger partial charge in [-0.25, -0.2) is 9.37 Å². The minimum atomic E-state index is -0.485. The maximum atomic E-state index is 14.9. The highest BCUT2D eigenvalue weighted by atomic mass is 19.1. The molecule has 5 aliphatic carbocycles. The minimum absolute atomic E-state index is 0.0674. The maximum Gasteiger partial charge on any atom is 0.220 e. The second-order valence-electron chi connectivity index (χ2n) is 12.8. The van der Waals surface area contributed by atoms with Gasteiger partial charge in [-0.2, -0.15) is 0 Å². The Morgan fingerprint density at radius 2 is 1.94 bits per heavy atom. The van der Waals surface area contributed by atoms with Crippen molar-refractivity contribution in [2.75, 3.05) is 0 Å². The van der Waals surface area contributed by atoms with Crippen LogP contribution in [0, 0.1) is 35.4 Å². The van der Waals surface area contributed by atoms with Gasteiger partial charge in [-0.1, -0.05) is 31.4 Å². The Morgan fingerprint density at radius 3 is 2.72 bits per heavy atom. The highest BCUT2D eigenvalue weighted by Crippen LogP contribution is 2.60. The molecule has 8 rings (SSSR count). The average Bonchev–Trinajstić information content (AvgIpc) is 3.42. The van der Waals surface area contributed by atoms with Crippen molar-refractivity contribution in [1.29, 1.82) is 0 Å². The lowest BCUT2D eigenvalue weighted by Gasteiger charge is -2.61. The van der Waals surface area contributed by atoms with Crippen molar-refractivity contribution < 1.29 is 14.3 Å². The summed E-state index contributed by atoms with van der Waals surface area (Å²) in [5.74, 6) is 2.38. The molecule has 36 heavy (non-hydrogen) atoms. The molecular weight excluding hydrogens is 453 g/mol. The molecule has 6 aliphatic rings. The predicted octanol–water partition coefficient (Wildman–Crippen LogP) is 5.62. The van der Waals surface area contributed by atoms with E-state index in [1.165, 1.54) is 38.2 Å². The minimum Gasteiger partial charge on any atom is -0.393 e. The number of amides is 1. The van der Waals surface area contributed by atoms with Crippen molar-refractivity contribution >= 4 is 5.91 Å². The van der Waals surface area contributed by atoms with E-state index in [1.807, 2.05) is 10.6 Å². The first-order valence-corrected chi connectivity index (χ1v) is 14.3. The van der Waals surface area contributed by atoms with E-state index in [4.69, 9.17) is 0 Å². The zero-order valence-electron chi connectivity index (χ0n) is 21.0. The summed E-state index contributed by atoms with van der Waals surface area (Å²) >= 11 is 0. The second kappa shape index (κ2) is 8.68. The first-order valence-electron chi connectivity index (χ1n) is 14.3. The lowest BCUT2D eigenvalue weighted by molar-refractivity contribution is -0.136. The Balaban J connectivity index is 1.07. The quantitative estimate of drug-likeness (QED) is 0.551. The van der Waals surface area contributed by atoms with Gasteiger partial charge in [0.05, 0.1) is 30.4 Å². The van der Waals surface area contributed by atoms with Crippen LogP contribution in [0.3, 0.4) is 0 Å². The summed E-state index contributed by atoms with van der Waals surface area (Å²) in [7, 11) is 0. The Kier molecular flexibility index (Phi) is 5.53. The van der Waals surface area contributed by atoms with E-state index >= 15 is 0 Å². The third-order valence-corrected chi connectivity index (χ3v) is 10.5. The molecule has 5 fully saturated rings. The average molecular weight is 492 g/mol. The fraction of sp³-hybridized carbons (Fsp3) is 0.667. The van der Waals surface area contributed by atoms with Crippen LogP contribution in [0.1, 0.15) is 88.7 Å². The highest BCUT2D eigenvalue weighted by molar-refractivity contribution is 5.77. The van der Waals surface area contributed by atoms with Gasteiger partial charge in [0.1, 0.15) is 5.82 Å². The fourth-order valence-corrected chi connectivity index (χ4v) is 9.46. The number of nitrogens with one attached hydrogen (secondary N) is 1. The molecule has 4 atom stereocenters. The molecule has 0 radical (unpaired) electrons. The van der Waals surface area contributed by atoms with Crippen LogP contribution < -0.4 is 5.32 Å². The number of halogens is 1. The van der Waals surface area contributed by atoms with Gasteiger partial charge in [-0.15, -0.1) is 0 Å². The summed E-state index contributed by atoms with van der Waals surface area (Å²) in [6.07, 6.45) is 16.0. The van der Waals surface area contributed by atoms with E-state index in [0.717, 1.165) is 43.4 Å². The molecule has 2 N–H and O–H groups in total. The van der Waals surface area contributed by atoms with Gasteiger partial charge in [-0.05, 0) is 87.0 Å². The molecule has 0 saturated heterocycles. The second-order valence-corrected chi connectivity index (χ2v) is 12.8. The smallest absolute Gasteiger partial charge is 0.220 e. The fourth-order valence-electron chi connectivity index (χ4n) is 9.46. The lowest BCUT2D eigenvalue weighted by Crippen LogP contribution is -2.63. The molecule has 1 aliphatic heterocycles. The molecule has 5 nitrogen and oxygen atoms in total. The molecule has 4 unspecified atom stereocenters. The summed E-state index contributed by atoms with van der Waals surface area (Å²) < 4.78 is 17.0. The van der Waals surface area contributed by atoms with Crippen LogP contribution in [0.2, 0.25) is 0 Å². The van der Waals surface area contributed by atoms with E-state index in [0.29, 0.717) is 42.1 Å². The Labute approximate surface area is 212 Å². The topological polar surface area (TPSA) is 67.2 Å². The predicted molar refractivity (Wildman–Crippen MR) is 135 cm³/mol. The van der Waals surface area contributed by atoms with E-state index in [1.54, 1.807) is 18.6 Å². The molecule has 1 aromatic carbocycles. The zero-order valence-corrected chi connectivity index (χ0v) is 21.0. The number of carbonyl (C=O) groups excluding carboxylic acids is 1. The molecule has 2 aromatic rings. The largest absolute Gasteiger partial charge is 0.393 e. The van der Waals surface area contributed by atoms with Gasteiger partial charge in [0.25, 0.3) is 0 Å². The van der Waals surface area contributed by atoms with E-state index in [-0.39, 0.29) is 29.2 Å². The monoisotopic (exact) mass is 491 g/mol. The van der Waals surface area contributed by atoms with Crippen LogP contribution in [0.15, 0.2) is 30.7 Å². The number of imidazole rings is 1. The number of hydrogen-bond donors (Lipinski definition) is 2. The van der Waals surface area contributed by atoms with E-state index in [9.17, 15) is 14.3 Å². The van der Waals surface area contributed by atoms with Crippen molar-refractivity contribution in [3.8, 4) is 11.3 Å².